The average Bonchev–Trinajstić information content (AvgIpc) is 2.82. The van der Waals surface area contributed by atoms with Crippen LogP contribution in [0.3, 0.4) is 0 Å². The number of benzene rings is 1. The molecule has 0 aliphatic rings. The molecule has 18 heavy (non-hydrogen) atoms. The van der Waals surface area contributed by atoms with Crippen molar-refractivity contribution in [3.05, 3.63) is 42.0 Å². The van der Waals surface area contributed by atoms with Gasteiger partial charge < -0.3 is 4.74 Å². The van der Waals surface area contributed by atoms with Gasteiger partial charge in [-0.25, -0.2) is 4.39 Å². The molecule has 0 radical (unpaired) electrons. The fraction of sp³-hybridized carbons (Fsp3) is 0. The highest BCUT2D eigenvalue weighted by Crippen LogP contribution is 2.24. The molecule has 1 aromatic carbocycles. The van der Waals surface area contributed by atoms with Crippen LogP contribution in [-0.4, -0.2) is 25.3 Å². The minimum Gasteiger partial charge on any atom is -0.434 e. The molecule has 8 heteroatoms. The number of fused-ring (bicyclic) bond motifs is 1. The van der Waals surface area contributed by atoms with Crippen LogP contribution in [0.1, 0.15) is 0 Å². The summed E-state index contributed by atoms with van der Waals surface area (Å²) < 4.78 is 32.6. The Morgan fingerprint density at radius 1 is 1.11 bits per heavy atom. The Balaban J connectivity index is 1.98. The minimum atomic E-state index is -1.07. The highest BCUT2D eigenvalue weighted by Gasteiger charge is 2.11. The number of tetrazole rings is 1. The van der Waals surface area contributed by atoms with E-state index >= 15 is 0 Å². The van der Waals surface area contributed by atoms with Crippen molar-refractivity contribution >= 4 is 5.65 Å². The first kappa shape index (κ1) is 10.5. The Bertz CT molecular complexity index is 714. The quantitative estimate of drug-likeness (QED) is 0.690. The maximum Gasteiger partial charge on any atom is 0.239 e. The molecular formula is C10H5F2N5O. The van der Waals surface area contributed by atoms with Gasteiger partial charge in [-0.15, -0.1) is 14.8 Å². The predicted molar refractivity (Wildman–Crippen MR) is 55.0 cm³/mol. The van der Waals surface area contributed by atoms with Crippen molar-refractivity contribution in [3.8, 4) is 11.6 Å². The van der Waals surface area contributed by atoms with Crippen LogP contribution in [0.2, 0.25) is 0 Å². The van der Waals surface area contributed by atoms with Crippen molar-refractivity contribution in [2.24, 2.45) is 0 Å². The third kappa shape index (κ3) is 1.73. The van der Waals surface area contributed by atoms with Crippen molar-refractivity contribution in [1.29, 1.82) is 0 Å². The van der Waals surface area contributed by atoms with Crippen LogP contribution in [0.25, 0.3) is 5.65 Å². The Labute approximate surface area is 98.8 Å². The molecule has 90 valence electrons. The average molecular weight is 249 g/mol. The largest absolute Gasteiger partial charge is 0.434 e. The standard InChI is InChI=1S/C10H5F2N5O/c11-6-2-1-3-7(10(6)12)18-9-5-4-8-13-15-16-17(8)14-9/h1-5H. The fourth-order valence-corrected chi connectivity index (χ4v) is 1.36. The normalized spacial score (nSPS) is 10.8. The van der Waals surface area contributed by atoms with Gasteiger partial charge in [-0.1, -0.05) is 6.07 Å². The molecule has 2 aromatic heterocycles. The van der Waals surface area contributed by atoms with Crippen molar-refractivity contribution in [1.82, 2.24) is 25.3 Å². The molecule has 0 aliphatic heterocycles. The van der Waals surface area contributed by atoms with E-state index in [1.165, 1.54) is 18.2 Å². The van der Waals surface area contributed by atoms with E-state index in [-0.39, 0.29) is 11.6 Å². The molecule has 0 aliphatic carbocycles. The first-order valence-electron chi connectivity index (χ1n) is 4.91. The topological polar surface area (TPSA) is 65.2 Å². The Kier molecular flexibility index (Phi) is 2.33. The maximum absolute atomic E-state index is 13.4. The van der Waals surface area contributed by atoms with E-state index in [2.05, 4.69) is 20.6 Å². The molecule has 0 atom stereocenters. The molecule has 3 aromatic rings. The first-order valence-corrected chi connectivity index (χ1v) is 4.91. The van der Waals surface area contributed by atoms with Gasteiger partial charge in [0.1, 0.15) is 0 Å². The smallest absolute Gasteiger partial charge is 0.239 e. The Morgan fingerprint density at radius 3 is 2.89 bits per heavy atom. The number of nitrogens with zero attached hydrogens (tertiary/aromatic N) is 5. The summed E-state index contributed by atoms with van der Waals surface area (Å²) in [6.07, 6.45) is 0. The number of aromatic nitrogens is 5. The molecule has 0 saturated heterocycles. The van der Waals surface area contributed by atoms with Crippen LogP contribution in [-0.2, 0) is 0 Å². The number of hydrogen-bond acceptors (Lipinski definition) is 5. The van der Waals surface area contributed by atoms with Gasteiger partial charge in [0.2, 0.25) is 11.7 Å². The van der Waals surface area contributed by atoms with Gasteiger partial charge in [-0.05, 0) is 28.6 Å². The summed E-state index contributed by atoms with van der Waals surface area (Å²) >= 11 is 0. The summed E-state index contributed by atoms with van der Waals surface area (Å²) in [5.41, 5.74) is 0.419. The lowest BCUT2D eigenvalue weighted by atomic mass is 10.3. The molecule has 0 spiro atoms. The molecular weight excluding hydrogens is 244 g/mol. The zero-order valence-corrected chi connectivity index (χ0v) is 8.79. The van der Waals surface area contributed by atoms with Crippen LogP contribution in [0, 0.1) is 11.6 Å². The Morgan fingerprint density at radius 2 is 2.00 bits per heavy atom. The molecule has 0 unspecified atom stereocenters. The molecule has 6 nitrogen and oxygen atoms in total. The van der Waals surface area contributed by atoms with E-state index in [1.54, 1.807) is 6.07 Å². The molecule has 3 rings (SSSR count). The highest BCUT2D eigenvalue weighted by molar-refractivity contribution is 5.36. The molecule has 0 saturated carbocycles. The van der Waals surface area contributed by atoms with Gasteiger partial charge in [-0.2, -0.15) is 4.39 Å². The summed E-state index contributed by atoms with van der Waals surface area (Å²) in [6.45, 7) is 0. The summed E-state index contributed by atoms with van der Waals surface area (Å²) in [5.74, 6) is -2.26. The van der Waals surface area contributed by atoms with Crippen molar-refractivity contribution < 1.29 is 13.5 Å². The SMILES string of the molecule is Fc1cccc(Oc2ccc3nnnn3n2)c1F. The van der Waals surface area contributed by atoms with E-state index in [4.69, 9.17) is 4.74 Å². The van der Waals surface area contributed by atoms with Crippen molar-refractivity contribution in [2.75, 3.05) is 0 Å². The predicted octanol–water partition coefficient (Wildman–Crippen LogP) is 1.59. The summed E-state index contributed by atoms with van der Waals surface area (Å²) in [4.78, 5) is 0. The second-order valence-corrected chi connectivity index (χ2v) is 3.35. The molecule has 0 N–H and O–H groups in total. The van der Waals surface area contributed by atoms with E-state index < -0.39 is 11.6 Å². The lowest BCUT2D eigenvalue weighted by Gasteiger charge is -2.05. The van der Waals surface area contributed by atoms with E-state index in [0.717, 1.165) is 10.7 Å². The first-order chi connectivity index (χ1) is 8.74. The third-order valence-electron chi connectivity index (χ3n) is 2.18. The number of halogens is 2. The lowest BCUT2D eigenvalue weighted by Crippen LogP contribution is -1.98. The second-order valence-electron chi connectivity index (χ2n) is 3.35. The Hall–Kier alpha value is -2.64. The third-order valence-corrected chi connectivity index (χ3v) is 2.18. The minimum absolute atomic E-state index is 0.0549. The number of hydrogen-bond donors (Lipinski definition) is 0. The summed E-state index contributed by atoms with van der Waals surface area (Å²) in [7, 11) is 0. The van der Waals surface area contributed by atoms with Gasteiger partial charge in [0, 0.05) is 6.07 Å². The number of rotatable bonds is 2. The fourth-order valence-electron chi connectivity index (χ4n) is 1.36. The second kappa shape index (κ2) is 3.99. The zero-order chi connectivity index (χ0) is 12.5. The van der Waals surface area contributed by atoms with E-state index in [9.17, 15) is 8.78 Å². The van der Waals surface area contributed by atoms with Crippen molar-refractivity contribution in [2.45, 2.75) is 0 Å². The van der Waals surface area contributed by atoms with Gasteiger partial charge in [0.25, 0.3) is 0 Å². The highest BCUT2D eigenvalue weighted by atomic mass is 19.2. The van der Waals surface area contributed by atoms with Crippen LogP contribution < -0.4 is 4.74 Å². The maximum atomic E-state index is 13.4. The van der Waals surface area contributed by atoms with Gasteiger partial charge in [0.05, 0.1) is 0 Å². The van der Waals surface area contributed by atoms with Crippen LogP contribution in [0.15, 0.2) is 30.3 Å². The molecule has 2 heterocycles. The van der Waals surface area contributed by atoms with Crippen LogP contribution in [0.4, 0.5) is 8.78 Å². The van der Waals surface area contributed by atoms with Gasteiger partial charge in [-0.3, -0.25) is 0 Å². The van der Waals surface area contributed by atoms with E-state index in [0.29, 0.717) is 5.65 Å². The van der Waals surface area contributed by atoms with Crippen LogP contribution >= 0.6 is 0 Å². The number of ether oxygens (including phenoxy) is 1. The van der Waals surface area contributed by atoms with Crippen LogP contribution in [0.5, 0.6) is 11.6 Å². The molecule has 0 bridgehead atoms. The molecule has 0 fully saturated rings. The van der Waals surface area contributed by atoms with Gasteiger partial charge in [0.15, 0.2) is 17.2 Å². The lowest BCUT2D eigenvalue weighted by molar-refractivity contribution is 0.397. The van der Waals surface area contributed by atoms with E-state index in [1.807, 2.05) is 0 Å². The van der Waals surface area contributed by atoms with Gasteiger partial charge >= 0.3 is 0 Å². The van der Waals surface area contributed by atoms with Crippen molar-refractivity contribution in [3.63, 3.8) is 0 Å². The summed E-state index contributed by atoms with van der Waals surface area (Å²) in [6, 6.07) is 6.63. The monoisotopic (exact) mass is 249 g/mol. The summed E-state index contributed by atoms with van der Waals surface area (Å²) in [5, 5.41) is 14.5. The zero-order valence-electron chi connectivity index (χ0n) is 8.79. The molecule has 0 amide bonds.